The van der Waals surface area contributed by atoms with E-state index in [9.17, 15) is 9.59 Å². The molecule has 0 saturated heterocycles. The van der Waals surface area contributed by atoms with Crippen LogP contribution < -0.4 is 5.32 Å². The summed E-state index contributed by atoms with van der Waals surface area (Å²) < 4.78 is 9.79. The van der Waals surface area contributed by atoms with Gasteiger partial charge in [0.2, 0.25) is 5.13 Å². The van der Waals surface area contributed by atoms with Crippen molar-refractivity contribution < 1.29 is 19.1 Å². The van der Waals surface area contributed by atoms with Gasteiger partial charge in [0.05, 0.1) is 13.2 Å². The van der Waals surface area contributed by atoms with Crippen molar-refractivity contribution in [1.29, 1.82) is 0 Å². The van der Waals surface area contributed by atoms with Crippen molar-refractivity contribution in [2.24, 2.45) is 0 Å². The first-order chi connectivity index (χ1) is 8.15. The predicted octanol–water partition coefficient (Wildman–Crippen LogP) is 2.36. The maximum absolute atomic E-state index is 11.1. The first-order valence-electron chi connectivity index (χ1n) is 4.77. The van der Waals surface area contributed by atoms with E-state index in [-0.39, 0.29) is 11.7 Å². The van der Waals surface area contributed by atoms with Gasteiger partial charge in [-0.2, -0.15) is 0 Å². The number of amides is 1. The fourth-order valence-corrected chi connectivity index (χ4v) is 2.25. The number of aromatic nitrogens is 2. The second-order valence-corrected chi connectivity index (χ2v) is 4.66. The monoisotopic (exact) mass is 277 g/mol. The number of rotatable bonds is 4. The van der Waals surface area contributed by atoms with Gasteiger partial charge in [0, 0.05) is 11.8 Å². The summed E-state index contributed by atoms with van der Waals surface area (Å²) in [5.74, 6) is 0. The number of nitrogens with zero attached hydrogens (tertiary/aromatic N) is 2. The normalized spacial score (nSPS) is 9.76. The van der Waals surface area contributed by atoms with Gasteiger partial charge < -0.3 is 9.47 Å². The lowest BCUT2D eigenvalue weighted by Crippen LogP contribution is -2.12. The van der Waals surface area contributed by atoms with E-state index in [0.29, 0.717) is 10.9 Å². The van der Waals surface area contributed by atoms with Gasteiger partial charge in [-0.3, -0.25) is 5.32 Å². The highest BCUT2D eigenvalue weighted by Gasteiger charge is 2.12. The van der Waals surface area contributed by atoms with Crippen LogP contribution in [0.2, 0.25) is 0 Å². The summed E-state index contributed by atoms with van der Waals surface area (Å²) in [6, 6.07) is 0. The minimum absolute atomic E-state index is 0.273. The van der Waals surface area contributed by atoms with Crippen LogP contribution in [0.3, 0.4) is 0 Å². The lowest BCUT2D eigenvalue weighted by Gasteiger charge is -1.99. The smallest absolute Gasteiger partial charge is 0.413 e. The molecule has 1 rings (SSSR count). The van der Waals surface area contributed by atoms with Crippen LogP contribution in [0.5, 0.6) is 0 Å². The standard InChI is InChI=1S/C8H11N3O4S2/c1-3-14-6(12)9-5-10-11-7(16-5)17-8(13)15-4-2/h3-4H2,1-2H3,(H,9,10,12). The summed E-state index contributed by atoms with van der Waals surface area (Å²) in [5, 5.41) is 9.60. The summed E-state index contributed by atoms with van der Waals surface area (Å²) in [4.78, 5) is 22.2. The first-order valence-corrected chi connectivity index (χ1v) is 6.40. The Balaban J connectivity index is 2.47. The average Bonchev–Trinajstić information content (AvgIpc) is 2.66. The molecule has 0 aliphatic rings. The molecule has 0 fully saturated rings. The number of carbonyl (C=O) groups excluding carboxylic acids is 2. The number of anilines is 1. The lowest BCUT2D eigenvalue weighted by molar-refractivity contribution is 0.168. The molecule has 9 heteroatoms. The third-order valence-corrected chi connectivity index (χ3v) is 3.00. The van der Waals surface area contributed by atoms with E-state index in [0.717, 1.165) is 23.1 Å². The topological polar surface area (TPSA) is 90.4 Å². The summed E-state index contributed by atoms with van der Waals surface area (Å²) in [6.07, 6.45) is -0.601. The molecule has 0 aliphatic heterocycles. The Kier molecular flexibility index (Phi) is 5.70. The fourth-order valence-electron chi connectivity index (χ4n) is 0.775. The maximum atomic E-state index is 11.1. The minimum Gasteiger partial charge on any atom is -0.458 e. The largest absolute Gasteiger partial charge is 0.458 e. The van der Waals surface area contributed by atoms with Crippen LogP contribution in [-0.4, -0.2) is 34.8 Å². The van der Waals surface area contributed by atoms with Gasteiger partial charge in [-0.25, -0.2) is 9.59 Å². The third-order valence-electron chi connectivity index (χ3n) is 1.32. The van der Waals surface area contributed by atoms with Crippen LogP contribution in [0.25, 0.3) is 0 Å². The fraction of sp³-hybridized carbons (Fsp3) is 0.500. The maximum Gasteiger partial charge on any atom is 0.413 e. The molecule has 17 heavy (non-hydrogen) atoms. The molecule has 94 valence electrons. The van der Waals surface area contributed by atoms with Gasteiger partial charge in [-0.1, -0.05) is 11.3 Å². The van der Waals surface area contributed by atoms with Gasteiger partial charge in [0.25, 0.3) is 0 Å². The van der Waals surface area contributed by atoms with Gasteiger partial charge in [-0.05, 0) is 13.8 Å². The van der Waals surface area contributed by atoms with Crippen molar-refractivity contribution in [3.05, 3.63) is 0 Å². The van der Waals surface area contributed by atoms with Crippen LogP contribution in [0, 0.1) is 0 Å². The Morgan fingerprint density at radius 2 is 2.00 bits per heavy atom. The van der Waals surface area contributed by atoms with Crippen LogP contribution in [0.15, 0.2) is 4.34 Å². The van der Waals surface area contributed by atoms with E-state index in [1.807, 2.05) is 0 Å². The van der Waals surface area contributed by atoms with E-state index < -0.39 is 11.4 Å². The van der Waals surface area contributed by atoms with Gasteiger partial charge >= 0.3 is 11.4 Å². The summed E-state index contributed by atoms with van der Waals surface area (Å²) >= 11 is 1.89. The second-order valence-electron chi connectivity index (χ2n) is 2.50. The second kappa shape index (κ2) is 7.07. The van der Waals surface area contributed by atoms with Crippen molar-refractivity contribution in [2.45, 2.75) is 18.2 Å². The van der Waals surface area contributed by atoms with Crippen molar-refractivity contribution in [3.8, 4) is 0 Å². The van der Waals surface area contributed by atoms with E-state index in [2.05, 4.69) is 20.3 Å². The zero-order chi connectivity index (χ0) is 12.7. The summed E-state index contributed by atoms with van der Waals surface area (Å²) in [6.45, 7) is 3.99. The Morgan fingerprint density at radius 1 is 1.29 bits per heavy atom. The molecule has 1 aromatic rings. The molecule has 0 radical (unpaired) electrons. The molecule has 7 nitrogen and oxygen atoms in total. The lowest BCUT2D eigenvalue weighted by atomic mass is 10.9. The van der Waals surface area contributed by atoms with Crippen LogP contribution in [-0.2, 0) is 9.47 Å². The van der Waals surface area contributed by atoms with Gasteiger partial charge in [0.15, 0.2) is 4.34 Å². The van der Waals surface area contributed by atoms with Crippen molar-refractivity contribution in [2.75, 3.05) is 18.5 Å². The molecule has 1 N–H and O–H groups in total. The Bertz CT molecular complexity index is 361. The summed E-state index contributed by atoms with van der Waals surface area (Å²) in [7, 11) is 0. The van der Waals surface area contributed by atoms with E-state index in [1.54, 1.807) is 13.8 Å². The average molecular weight is 277 g/mol. The molecular weight excluding hydrogens is 266 g/mol. The Hall–Kier alpha value is -1.35. The SMILES string of the molecule is CCOC(=O)Nc1nnc(SC(=O)OCC)s1. The molecule has 0 bridgehead atoms. The molecule has 0 unspecified atom stereocenters. The third kappa shape index (κ3) is 5.00. The quantitative estimate of drug-likeness (QED) is 0.513. The molecule has 0 saturated carbocycles. The van der Waals surface area contributed by atoms with Crippen molar-refractivity contribution in [1.82, 2.24) is 10.2 Å². The van der Waals surface area contributed by atoms with Crippen LogP contribution >= 0.6 is 23.1 Å². The molecule has 1 amide bonds. The Labute approximate surface area is 106 Å². The summed E-state index contributed by atoms with van der Waals surface area (Å²) in [5.41, 5.74) is 0. The van der Waals surface area contributed by atoms with E-state index in [4.69, 9.17) is 4.74 Å². The number of ether oxygens (including phenoxy) is 2. The number of hydrogen-bond donors (Lipinski definition) is 1. The predicted molar refractivity (Wildman–Crippen MR) is 63.4 cm³/mol. The number of hydrogen-bond acceptors (Lipinski definition) is 8. The van der Waals surface area contributed by atoms with E-state index in [1.165, 1.54) is 0 Å². The van der Waals surface area contributed by atoms with Gasteiger partial charge in [0.1, 0.15) is 0 Å². The highest BCUT2D eigenvalue weighted by Crippen LogP contribution is 2.26. The van der Waals surface area contributed by atoms with E-state index >= 15 is 0 Å². The highest BCUT2D eigenvalue weighted by molar-refractivity contribution is 8.14. The number of nitrogens with one attached hydrogen (secondary N) is 1. The van der Waals surface area contributed by atoms with Crippen molar-refractivity contribution >= 4 is 39.6 Å². The van der Waals surface area contributed by atoms with Crippen molar-refractivity contribution in [3.63, 3.8) is 0 Å². The van der Waals surface area contributed by atoms with Gasteiger partial charge in [-0.15, -0.1) is 10.2 Å². The molecule has 0 aliphatic carbocycles. The molecule has 1 aromatic heterocycles. The Morgan fingerprint density at radius 3 is 2.65 bits per heavy atom. The molecule has 0 aromatic carbocycles. The zero-order valence-electron chi connectivity index (χ0n) is 9.26. The number of thioether (sulfide) groups is 1. The molecule has 0 atom stereocenters. The molecule has 1 heterocycles. The zero-order valence-corrected chi connectivity index (χ0v) is 10.9. The molecular formula is C8H11N3O4S2. The van der Waals surface area contributed by atoms with Crippen LogP contribution in [0.4, 0.5) is 14.7 Å². The van der Waals surface area contributed by atoms with Crippen LogP contribution in [0.1, 0.15) is 13.8 Å². The first kappa shape index (κ1) is 13.7. The number of carbonyl (C=O) groups is 2. The minimum atomic E-state index is -0.601. The highest BCUT2D eigenvalue weighted by atomic mass is 32.2. The molecule has 0 spiro atoms.